The number of carbonyl (C=O) groups is 1. The van der Waals surface area contributed by atoms with Crippen molar-refractivity contribution in [3.63, 3.8) is 0 Å². The van der Waals surface area contributed by atoms with Crippen molar-refractivity contribution >= 4 is 22.5 Å². The maximum absolute atomic E-state index is 12.3. The second kappa shape index (κ2) is 8.08. The standard InChI is InChI=1S/C23H19N3O4/c1-30-20-9-5-2-6-16(20)14-26-19-8-4-3-7-18(19)21(23(26)29)24-25-22(28)15-10-12-17(27)13-11-15/h2-13,27,29H,14H2,1H3. The summed E-state index contributed by atoms with van der Waals surface area (Å²) in [6, 6.07) is 20.7. The number of rotatable bonds is 5. The minimum absolute atomic E-state index is 0.0561. The zero-order valence-corrected chi connectivity index (χ0v) is 16.2. The van der Waals surface area contributed by atoms with Crippen LogP contribution in [0.5, 0.6) is 17.4 Å². The van der Waals surface area contributed by atoms with Gasteiger partial charge >= 0.3 is 0 Å². The molecule has 0 aliphatic carbocycles. The molecule has 0 aliphatic heterocycles. The molecule has 4 aromatic rings. The van der Waals surface area contributed by atoms with Crippen LogP contribution >= 0.6 is 0 Å². The Morgan fingerprint density at radius 2 is 1.67 bits per heavy atom. The zero-order chi connectivity index (χ0) is 21.1. The van der Waals surface area contributed by atoms with E-state index >= 15 is 0 Å². The summed E-state index contributed by atoms with van der Waals surface area (Å²) in [5.41, 5.74) is 2.15. The number of amides is 1. The lowest BCUT2D eigenvalue weighted by Gasteiger charge is -2.11. The van der Waals surface area contributed by atoms with Crippen LogP contribution in [0.4, 0.5) is 5.69 Å². The van der Waals surface area contributed by atoms with Gasteiger partial charge in [0, 0.05) is 16.5 Å². The average Bonchev–Trinajstić information content (AvgIpc) is 3.04. The third kappa shape index (κ3) is 3.60. The highest BCUT2D eigenvalue weighted by atomic mass is 16.5. The lowest BCUT2D eigenvalue weighted by atomic mass is 10.2. The topological polar surface area (TPSA) is 96.4 Å². The van der Waals surface area contributed by atoms with Crippen molar-refractivity contribution in [2.24, 2.45) is 10.2 Å². The van der Waals surface area contributed by atoms with Gasteiger partial charge in [0.1, 0.15) is 11.5 Å². The molecule has 30 heavy (non-hydrogen) atoms. The maximum atomic E-state index is 12.3. The number of ether oxygens (including phenoxy) is 1. The second-order valence-corrected chi connectivity index (χ2v) is 6.64. The highest BCUT2D eigenvalue weighted by molar-refractivity contribution is 5.97. The minimum atomic E-state index is -0.573. The Morgan fingerprint density at radius 1 is 0.967 bits per heavy atom. The van der Waals surface area contributed by atoms with Gasteiger partial charge in [-0.1, -0.05) is 36.4 Å². The van der Waals surface area contributed by atoms with Crippen molar-refractivity contribution < 1.29 is 19.7 Å². The van der Waals surface area contributed by atoms with Crippen LogP contribution in [0.25, 0.3) is 10.9 Å². The van der Waals surface area contributed by atoms with E-state index in [1.165, 1.54) is 24.3 Å². The maximum Gasteiger partial charge on any atom is 0.295 e. The van der Waals surface area contributed by atoms with E-state index in [4.69, 9.17) is 4.74 Å². The van der Waals surface area contributed by atoms with Gasteiger partial charge in [0.05, 0.1) is 19.2 Å². The van der Waals surface area contributed by atoms with Gasteiger partial charge in [-0.05, 0) is 36.4 Å². The molecular formula is C23H19N3O4. The smallest absolute Gasteiger partial charge is 0.295 e. The van der Waals surface area contributed by atoms with Crippen molar-refractivity contribution in [3.05, 3.63) is 83.9 Å². The van der Waals surface area contributed by atoms with Crippen LogP contribution in [-0.4, -0.2) is 27.8 Å². The molecule has 1 heterocycles. The zero-order valence-electron chi connectivity index (χ0n) is 16.2. The number of benzene rings is 3. The molecule has 3 aromatic carbocycles. The van der Waals surface area contributed by atoms with Gasteiger partial charge in [0.15, 0.2) is 5.69 Å². The van der Waals surface area contributed by atoms with E-state index in [2.05, 4.69) is 10.2 Å². The summed E-state index contributed by atoms with van der Waals surface area (Å²) >= 11 is 0. The number of aromatic hydroxyl groups is 2. The molecule has 150 valence electrons. The van der Waals surface area contributed by atoms with Crippen molar-refractivity contribution in [1.82, 2.24) is 4.57 Å². The van der Waals surface area contributed by atoms with Crippen molar-refractivity contribution in [1.29, 1.82) is 0 Å². The molecule has 7 heteroatoms. The summed E-state index contributed by atoms with van der Waals surface area (Å²) in [4.78, 5) is 12.3. The number of para-hydroxylation sites is 2. The summed E-state index contributed by atoms with van der Waals surface area (Å²) in [7, 11) is 1.60. The molecule has 0 radical (unpaired) electrons. The number of phenolic OH excluding ortho intramolecular Hbond substituents is 1. The highest BCUT2D eigenvalue weighted by Crippen LogP contribution is 2.39. The quantitative estimate of drug-likeness (QED) is 0.458. The summed E-state index contributed by atoms with van der Waals surface area (Å²) in [6.07, 6.45) is 0. The first-order valence-electron chi connectivity index (χ1n) is 9.25. The van der Waals surface area contributed by atoms with E-state index in [9.17, 15) is 15.0 Å². The Bertz CT molecular complexity index is 1240. The first-order valence-corrected chi connectivity index (χ1v) is 9.25. The van der Waals surface area contributed by atoms with Crippen LogP contribution in [0.1, 0.15) is 15.9 Å². The summed E-state index contributed by atoms with van der Waals surface area (Å²) in [5, 5.41) is 28.7. The van der Waals surface area contributed by atoms with Gasteiger partial charge in [0.2, 0.25) is 5.88 Å². The molecule has 0 saturated carbocycles. The van der Waals surface area contributed by atoms with Gasteiger partial charge in [-0.15, -0.1) is 10.2 Å². The molecule has 0 aliphatic rings. The average molecular weight is 401 g/mol. The Labute approximate surface area is 172 Å². The number of aromatic nitrogens is 1. The van der Waals surface area contributed by atoms with E-state index in [0.717, 1.165) is 11.1 Å². The number of methoxy groups -OCH3 is 1. The molecule has 0 fully saturated rings. The fourth-order valence-electron chi connectivity index (χ4n) is 3.29. The first kappa shape index (κ1) is 19.2. The summed E-state index contributed by atoms with van der Waals surface area (Å²) < 4.78 is 7.11. The molecule has 4 rings (SSSR count). The molecule has 0 unspecified atom stereocenters. The number of hydrogen-bond acceptors (Lipinski definition) is 5. The second-order valence-electron chi connectivity index (χ2n) is 6.64. The lowest BCUT2D eigenvalue weighted by Crippen LogP contribution is -2.01. The van der Waals surface area contributed by atoms with Crippen LogP contribution in [0, 0.1) is 0 Å². The number of nitrogens with zero attached hydrogens (tertiary/aromatic N) is 3. The minimum Gasteiger partial charge on any atom is -0.508 e. The Balaban J connectivity index is 1.73. The summed E-state index contributed by atoms with van der Waals surface area (Å²) in [5.74, 6) is 0.0984. The fourth-order valence-corrected chi connectivity index (χ4v) is 3.29. The van der Waals surface area contributed by atoms with Gasteiger partial charge < -0.3 is 19.5 Å². The molecule has 1 amide bonds. The lowest BCUT2D eigenvalue weighted by molar-refractivity contribution is 0.0995. The Kier molecular flexibility index (Phi) is 5.17. The predicted molar refractivity (Wildman–Crippen MR) is 113 cm³/mol. The van der Waals surface area contributed by atoms with Crippen molar-refractivity contribution in [2.45, 2.75) is 6.54 Å². The monoisotopic (exact) mass is 401 g/mol. The molecule has 7 nitrogen and oxygen atoms in total. The number of fused-ring (bicyclic) bond motifs is 1. The number of azo groups is 1. The van der Waals surface area contributed by atoms with Crippen LogP contribution in [0.15, 0.2) is 83.0 Å². The molecule has 2 N–H and O–H groups in total. The molecule has 0 bridgehead atoms. The third-order valence-electron chi connectivity index (χ3n) is 4.79. The van der Waals surface area contributed by atoms with Crippen LogP contribution in [0.2, 0.25) is 0 Å². The van der Waals surface area contributed by atoms with E-state index in [0.29, 0.717) is 17.7 Å². The summed E-state index contributed by atoms with van der Waals surface area (Å²) in [6.45, 7) is 0.359. The van der Waals surface area contributed by atoms with Crippen LogP contribution in [-0.2, 0) is 6.54 Å². The van der Waals surface area contributed by atoms with E-state index in [1.54, 1.807) is 11.7 Å². The van der Waals surface area contributed by atoms with E-state index in [1.807, 2.05) is 48.5 Å². The largest absolute Gasteiger partial charge is 0.508 e. The normalized spacial score (nSPS) is 11.2. The molecule has 0 saturated heterocycles. The van der Waals surface area contributed by atoms with Gasteiger partial charge in [-0.2, -0.15) is 0 Å². The SMILES string of the molecule is COc1ccccc1Cn1c(O)c(N=NC(=O)c2ccc(O)cc2)c2ccccc21. The van der Waals surface area contributed by atoms with Gasteiger partial charge in [-0.25, -0.2) is 0 Å². The van der Waals surface area contributed by atoms with Crippen molar-refractivity contribution in [3.8, 4) is 17.4 Å². The molecule has 0 spiro atoms. The van der Waals surface area contributed by atoms with E-state index in [-0.39, 0.29) is 22.9 Å². The third-order valence-corrected chi connectivity index (χ3v) is 4.79. The number of carbonyl (C=O) groups excluding carboxylic acids is 1. The molecule has 0 atom stereocenters. The number of hydrogen-bond donors (Lipinski definition) is 2. The first-order chi connectivity index (χ1) is 14.6. The highest BCUT2D eigenvalue weighted by Gasteiger charge is 2.18. The predicted octanol–water partition coefficient (Wildman–Crippen LogP) is 5.03. The van der Waals surface area contributed by atoms with Gasteiger partial charge in [-0.3, -0.25) is 4.79 Å². The van der Waals surface area contributed by atoms with Crippen molar-refractivity contribution in [2.75, 3.05) is 7.11 Å². The fraction of sp³-hybridized carbons (Fsp3) is 0.0870. The van der Waals surface area contributed by atoms with Gasteiger partial charge in [0.25, 0.3) is 5.91 Å². The van der Waals surface area contributed by atoms with E-state index < -0.39 is 5.91 Å². The molecule has 1 aromatic heterocycles. The van der Waals surface area contributed by atoms with Crippen LogP contribution in [0.3, 0.4) is 0 Å². The number of phenols is 1. The Hall–Kier alpha value is -4.13. The van der Waals surface area contributed by atoms with Crippen LogP contribution < -0.4 is 4.74 Å². The molecular weight excluding hydrogens is 382 g/mol. The Morgan fingerprint density at radius 3 is 2.43 bits per heavy atom.